The van der Waals surface area contributed by atoms with Crippen LogP contribution in [0.5, 0.6) is 0 Å². The number of aromatic nitrogens is 1. The first-order valence-corrected chi connectivity index (χ1v) is 6.45. The minimum Gasteiger partial charge on any atom is -0.478 e. The molecule has 0 aliphatic carbocycles. The van der Waals surface area contributed by atoms with Crippen LogP contribution in [0, 0.1) is 12.7 Å². The molecule has 3 aromatic rings. The van der Waals surface area contributed by atoms with Crippen LogP contribution in [0.15, 0.2) is 48.5 Å². The number of carboxylic acids is 1. The number of pyridine rings is 1. The predicted octanol–water partition coefficient (Wildman–Crippen LogP) is 4.05. The van der Waals surface area contributed by atoms with Crippen LogP contribution < -0.4 is 0 Å². The molecule has 4 heteroatoms. The molecular formula is C17H12FNO2. The van der Waals surface area contributed by atoms with Crippen molar-refractivity contribution in [3.05, 3.63) is 65.6 Å². The lowest BCUT2D eigenvalue weighted by molar-refractivity contribution is 0.0692. The Kier molecular flexibility index (Phi) is 3.14. The molecule has 0 aliphatic rings. The quantitative estimate of drug-likeness (QED) is 0.771. The lowest BCUT2D eigenvalue weighted by Gasteiger charge is -2.06. The van der Waals surface area contributed by atoms with E-state index in [1.165, 1.54) is 12.1 Å². The fourth-order valence-corrected chi connectivity index (χ4v) is 2.28. The van der Waals surface area contributed by atoms with Crippen LogP contribution in [0.2, 0.25) is 0 Å². The maximum absolute atomic E-state index is 13.8. The van der Waals surface area contributed by atoms with Gasteiger partial charge in [0.2, 0.25) is 0 Å². The summed E-state index contributed by atoms with van der Waals surface area (Å²) in [5.41, 5.74) is 2.95. The van der Waals surface area contributed by atoms with Gasteiger partial charge >= 0.3 is 5.97 Å². The number of nitrogens with zero attached hydrogens (tertiary/aromatic N) is 1. The summed E-state index contributed by atoms with van der Waals surface area (Å²) in [6, 6.07) is 13.6. The molecule has 21 heavy (non-hydrogen) atoms. The smallest absolute Gasteiger partial charge is 0.338 e. The summed E-state index contributed by atoms with van der Waals surface area (Å²) >= 11 is 0. The van der Waals surface area contributed by atoms with Crippen LogP contribution in [0.1, 0.15) is 16.1 Å². The minimum atomic E-state index is -1.27. The molecular weight excluding hydrogens is 269 g/mol. The van der Waals surface area contributed by atoms with Crippen LogP contribution in [-0.4, -0.2) is 16.1 Å². The number of aryl methyl sites for hydroxylation is 1. The second kappa shape index (κ2) is 4.98. The van der Waals surface area contributed by atoms with Gasteiger partial charge in [-0.1, -0.05) is 18.2 Å². The van der Waals surface area contributed by atoms with E-state index < -0.39 is 11.8 Å². The number of halogens is 1. The zero-order valence-electron chi connectivity index (χ0n) is 11.3. The lowest BCUT2D eigenvalue weighted by Crippen LogP contribution is -2.00. The normalized spacial score (nSPS) is 10.8. The molecule has 0 spiro atoms. The third-order valence-corrected chi connectivity index (χ3v) is 3.36. The van der Waals surface area contributed by atoms with Gasteiger partial charge in [0, 0.05) is 11.1 Å². The first-order chi connectivity index (χ1) is 10.0. The Balaban J connectivity index is 2.10. The molecule has 1 aromatic heterocycles. The number of hydrogen-bond acceptors (Lipinski definition) is 2. The molecule has 1 heterocycles. The van der Waals surface area contributed by atoms with Crippen molar-refractivity contribution in [1.29, 1.82) is 0 Å². The zero-order valence-corrected chi connectivity index (χ0v) is 11.3. The predicted molar refractivity (Wildman–Crippen MR) is 78.8 cm³/mol. The Morgan fingerprint density at radius 2 is 1.76 bits per heavy atom. The number of hydrogen-bond donors (Lipinski definition) is 1. The Morgan fingerprint density at radius 1 is 1.05 bits per heavy atom. The maximum atomic E-state index is 13.8. The van der Waals surface area contributed by atoms with Crippen molar-refractivity contribution in [1.82, 2.24) is 4.98 Å². The summed E-state index contributed by atoms with van der Waals surface area (Å²) in [6.07, 6.45) is 0. The summed E-state index contributed by atoms with van der Waals surface area (Å²) in [6.45, 7) is 1.92. The van der Waals surface area contributed by atoms with Gasteiger partial charge in [-0.2, -0.15) is 0 Å². The molecule has 0 amide bonds. The van der Waals surface area contributed by atoms with Crippen LogP contribution in [0.3, 0.4) is 0 Å². The van der Waals surface area contributed by atoms with E-state index in [1.54, 1.807) is 6.07 Å². The van der Waals surface area contributed by atoms with Gasteiger partial charge in [0.25, 0.3) is 0 Å². The average Bonchev–Trinajstić information content (AvgIpc) is 2.46. The first kappa shape index (κ1) is 13.2. The second-order valence-electron chi connectivity index (χ2n) is 4.86. The van der Waals surface area contributed by atoms with Gasteiger partial charge in [-0.05, 0) is 48.4 Å². The highest BCUT2D eigenvalue weighted by Crippen LogP contribution is 2.25. The summed E-state index contributed by atoms with van der Waals surface area (Å²) in [7, 11) is 0. The number of benzene rings is 2. The van der Waals surface area contributed by atoms with Crippen molar-refractivity contribution in [3.8, 4) is 11.1 Å². The molecule has 0 unspecified atom stereocenters. The Hall–Kier alpha value is -2.75. The molecule has 0 radical (unpaired) electrons. The van der Waals surface area contributed by atoms with E-state index in [1.807, 2.05) is 37.3 Å². The number of carboxylic acid groups (broad SMARTS) is 1. The van der Waals surface area contributed by atoms with Crippen LogP contribution in [-0.2, 0) is 0 Å². The molecule has 0 atom stereocenters. The SMILES string of the molecule is Cc1ccc2cc(-c3ccc(C(=O)O)c(F)c3)ccc2n1. The summed E-state index contributed by atoms with van der Waals surface area (Å²) in [5, 5.41) is 9.81. The molecule has 2 aromatic carbocycles. The molecule has 3 nitrogen and oxygen atoms in total. The monoisotopic (exact) mass is 281 g/mol. The third kappa shape index (κ3) is 2.48. The topological polar surface area (TPSA) is 50.2 Å². The van der Waals surface area contributed by atoms with E-state index in [4.69, 9.17) is 5.11 Å². The van der Waals surface area contributed by atoms with Gasteiger partial charge < -0.3 is 5.11 Å². The van der Waals surface area contributed by atoms with Crippen LogP contribution in [0.4, 0.5) is 4.39 Å². The summed E-state index contributed by atoms with van der Waals surface area (Å²) in [5.74, 6) is -2.00. The van der Waals surface area contributed by atoms with Crippen molar-refractivity contribution >= 4 is 16.9 Å². The molecule has 104 valence electrons. The minimum absolute atomic E-state index is 0.322. The van der Waals surface area contributed by atoms with Crippen LogP contribution >= 0.6 is 0 Å². The Bertz CT molecular complexity index is 859. The third-order valence-electron chi connectivity index (χ3n) is 3.36. The molecule has 0 saturated carbocycles. The summed E-state index contributed by atoms with van der Waals surface area (Å²) < 4.78 is 13.8. The molecule has 0 saturated heterocycles. The average molecular weight is 281 g/mol. The van der Waals surface area contributed by atoms with Gasteiger partial charge in [0.15, 0.2) is 0 Å². The number of fused-ring (bicyclic) bond motifs is 1. The standard InChI is InChI=1S/C17H12FNO2/c1-10-2-3-13-8-11(5-7-16(13)19-10)12-4-6-14(17(20)21)15(18)9-12/h2-9H,1H3,(H,20,21). The maximum Gasteiger partial charge on any atom is 0.338 e. The van der Waals surface area contributed by atoms with Gasteiger partial charge in [-0.25, -0.2) is 9.18 Å². The van der Waals surface area contributed by atoms with Crippen molar-refractivity contribution in [2.24, 2.45) is 0 Å². The van der Waals surface area contributed by atoms with Gasteiger partial charge in [-0.3, -0.25) is 4.98 Å². The first-order valence-electron chi connectivity index (χ1n) is 6.45. The van der Waals surface area contributed by atoms with Gasteiger partial charge in [0.05, 0.1) is 11.1 Å². The molecule has 0 fully saturated rings. The van der Waals surface area contributed by atoms with Crippen molar-refractivity contribution in [2.75, 3.05) is 0 Å². The molecule has 0 aliphatic heterocycles. The van der Waals surface area contributed by atoms with E-state index >= 15 is 0 Å². The number of aromatic carboxylic acids is 1. The Labute approximate surface area is 120 Å². The number of carbonyl (C=O) groups is 1. The Morgan fingerprint density at radius 3 is 2.48 bits per heavy atom. The molecule has 0 bridgehead atoms. The fraction of sp³-hybridized carbons (Fsp3) is 0.0588. The van der Waals surface area contributed by atoms with E-state index in [-0.39, 0.29) is 5.56 Å². The summed E-state index contributed by atoms with van der Waals surface area (Å²) in [4.78, 5) is 15.2. The molecule has 3 rings (SSSR count). The van der Waals surface area contributed by atoms with E-state index in [9.17, 15) is 9.18 Å². The van der Waals surface area contributed by atoms with E-state index in [2.05, 4.69) is 4.98 Å². The van der Waals surface area contributed by atoms with Crippen molar-refractivity contribution in [2.45, 2.75) is 6.92 Å². The van der Waals surface area contributed by atoms with Crippen molar-refractivity contribution < 1.29 is 14.3 Å². The largest absolute Gasteiger partial charge is 0.478 e. The van der Waals surface area contributed by atoms with Crippen molar-refractivity contribution in [3.63, 3.8) is 0 Å². The zero-order chi connectivity index (χ0) is 15.0. The van der Waals surface area contributed by atoms with E-state index in [0.717, 1.165) is 22.2 Å². The lowest BCUT2D eigenvalue weighted by atomic mass is 10.0. The number of rotatable bonds is 2. The van der Waals surface area contributed by atoms with Crippen LogP contribution in [0.25, 0.3) is 22.0 Å². The molecule has 1 N–H and O–H groups in total. The second-order valence-corrected chi connectivity index (χ2v) is 4.86. The van der Waals surface area contributed by atoms with Gasteiger partial charge in [-0.15, -0.1) is 0 Å². The highest BCUT2D eigenvalue weighted by Gasteiger charge is 2.11. The highest BCUT2D eigenvalue weighted by molar-refractivity contribution is 5.89. The van der Waals surface area contributed by atoms with Gasteiger partial charge in [0.1, 0.15) is 5.82 Å². The highest BCUT2D eigenvalue weighted by atomic mass is 19.1. The van der Waals surface area contributed by atoms with E-state index in [0.29, 0.717) is 5.56 Å². The fourth-order valence-electron chi connectivity index (χ4n) is 2.28.